The molecule has 5 rings (SSSR count). The van der Waals surface area contributed by atoms with Gasteiger partial charge in [-0.2, -0.15) is 0 Å². The van der Waals surface area contributed by atoms with Crippen molar-refractivity contribution < 1.29 is 4.79 Å². The summed E-state index contributed by atoms with van der Waals surface area (Å²) in [6, 6.07) is 12.0. The van der Waals surface area contributed by atoms with Gasteiger partial charge in [0.15, 0.2) is 0 Å². The third-order valence-corrected chi connectivity index (χ3v) is 6.07. The fourth-order valence-corrected chi connectivity index (χ4v) is 4.63. The average molecular weight is 399 g/mol. The average Bonchev–Trinajstić information content (AvgIpc) is 3.10. The number of nitrogen functional groups attached to an aromatic ring is 1. The number of amides is 1. The first-order valence-electron chi connectivity index (χ1n) is 10.6. The number of hydrogen-bond acceptors (Lipinski definition) is 4. The highest BCUT2D eigenvalue weighted by molar-refractivity contribution is 5.99. The second-order valence-corrected chi connectivity index (χ2v) is 7.91. The number of fused-ring (bicyclic) bond motifs is 4. The molecule has 1 amide bonds. The maximum atomic E-state index is 12.9. The Morgan fingerprint density at radius 1 is 1.17 bits per heavy atom. The second-order valence-electron chi connectivity index (χ2n) is 7.91. The SMILES string of the molecule is CCn1c2c(c3ccc(C(=O)NCc4ccc5nc(N)ncc5c4)cc31)CCCC2. The van der Waals surface area contributed by atoms with E-state index in [1.807, 2.05) is 30.3 Å². The molecule has 0 unspecified atom stereocenters. The minimum Gasteiger partial charge on any atom is -0.368 e. The second kappa shape index (κ2) is 7.44. The van der Waals surface area contributed by atoms with Crippen molar-refractivity contribution in [3.05, 3.63) is 65.0 Å². The Morgan fingerprint density at radius 2 is 2.03 bits per heavy atom. The molecule has 6 nitrogen and oxygen atoms in total. The summed E-state index contributed by atoms with van der Waals surface area (Å²) < 4.78 is 2.38. The number of nitrogens with zero attached hydrogens (tertiary/aromatic N) is 3. The molecule has 0 aliphatic heterocycles. The molecule has 152 valence electrons. The van der Waals surface area contributed by atoms with Crippen molar-refractivity contribution in [2.45, 2.75) is 45.7 Å². The number of carbonyl (C=O) groups excluding carboxylic acids is 1. The molecule has 2 aromatic carbocycles. The van der Waals surface area contributed by atoms with Crippen molar-refractivity contribution in [3.8, 4) is 0 Å². The van der Waals surface area contributed by atoms with E-state index < -0.39 is 0 Å². The van der Waals surface area contributed by atoms with Gasteiger partial charge in [-0.25, -0.2) is 9.97 Å². The van der Waals surface area contributed by atoms with Gasteiger partial charge < -0.3 is 15.6 Å². The summed E-state index contributed by atoms with van der Waals surface area (Å²) in [5.41, 5.74) is 12.2. The minimum atomic E-state index is -0.0626. The van der Waals surface area contributed by atoms with E-state index in [0.717, 1.165) is 35.9 Å². The topological polar surface area (TPSA) is 85.8 Å². The molecule has 4 aromatic rings. The summed E-state index contributed by atoms with van der Waals surface area (Å²) in [4.78, 5) is 21.1. The van der Waals surface area contributed by atoms with Gasteiger partial charge >= 0.3 is 0 Å². The van der Waals surface area contributed by atoms with Crippen LogP contribution in [0.5, 0.6) is 0 Å². The van der Waals surface area contributed by atoms with Crippen molar-refractivity contribution in [1.29, 1.82) is 0 Å². The molecule has 3 N–H and O–H groups in total. The minimum absolute atomic E-state index is 0.0626. The molecular weight excluding hydrogens is 374 g/mol. The molecule has 0 atom stereocenters. The number of aromatic nitrogens is 3. The first-order valence-corrected chi connectivity index (χ1v) is 10.6. The number of carbonyl (C=O) groups is 1. The van der Waals surface area contributed by atoms with E-state index in [0.29, 0.717) is 12.1 Å². The molecule has 1 aliphatic rings. The lowest BCUT2D eigenvalue weighted by molar-refractivity contribution is 0.0951. The number of benzene rings is 2. The first-order chi connectivity index (χ1) is 14.6. The van der Waals surface area contributed by atoms with Crippen LogP contribution in [0.25, 0.3) is 21.8 Å². The third kappa shape index (κ3) is 3.18. The fraction of sp³-hybridized carbons (Fsp3) is 0.292. The smallest absolute Gasteiger partial charge is 0.251 e. The van der Waals surface area contributed by atoms with E-state index in [-0.39, 0.29) is 11.9 Å². The van der Waals surface area contributed by atoms with Crippen LogP contribution < -0.4 is 11.1 Å². The summed E-state index contributed by atoms with van der Waals surface area (Å²) in [7, 11) is 0. The van der Waals surface area contributed by atoms with Gasteiger partial charge in [-0.3, -0.25) is 4.79 Å². The largest absolute Gasteiger partial charge is 0.368 e. The normalized spacial score (nSPS) is 13.5. The quantitative estimate of drug-likeness (QED) is 0.543. The van der Waals surface area contributed by atoms with Gasteiger partial charge in [0.25, 0.3) is 5.91 Å². The van der Waals surface area contributed by atoms with Gasteiger partial charge in [-0.1, -0.05) is 12.1 Å². The standard InChI is InChI=1S/C24H25N5O/c1-2-29-21-6-4-3-5-18(21)19-9-8-16(12-22(19)29)23(30)26-13-15-7-10-20-17(11-15)14-27-24(25)28-20/h7-12,14H,2-6,13H2,1H3,(H,26,30)(H2,25,27,28). The van der Waals surface area contributed by atoms with Crippen molar-refractivity contribution in [1.82, 2.24) is 19.9 Å². The Labute approximate surface area is 175 Å². The van der Waals surface area contributed by atoms with Crippen LogP contribution in [0.15, 0.2) is 42.6 Å². The molecule has 0 saturated heterocycles. The summed E-state index contributed by atoms with van der Waals surface area (Å²) in [5, 5.41) is 5.25. The molecule has 0 fully saturated rings. The highest BCUT2D eigenvalue weighted by Gasteiger charge is 2.20. The van der Waals surface area contributed by atoms with E-state index >= 15 is 0 Å². The molecule has 6 heteroatoms. The van der Waals surface area contributed by atoms with Crippen LogP contribution in [-0.4, -0.2) is 20.4 Å². The van der Waals surface area contributed by atoms with Gasteiger partial charge in [0.05, 0.1) is 5.52 Å². The van der Waals surface area contributed by atoms with E-state index in [1.165, 1.54) is 35.0 Å². The molecule has 0 spiro atoms. The summed E-state index contributed by atoms with van der Waals surface area (Å²) in [6.45, 7) is 3.56. The summed E-state index contributed by atoms with van der Waals surface area (Å²) in [6.07, 6.45) is 6.48. The lowest BCUT2D eigenvalue weighted by Gasteiger charge is -2.14. The lowest BCUT2D eigenvalue weighted by Crippen LogP contribution is -2.22. The predicted molar refractivity (Wildman–Crippen MR) is 119 cm³/mol. The Bertz CT molecular complexity index is 1270. The first kappa shape index (κ1) is 18.6. The molecule has 30 heavy (non-hydrogen) atoms. The Kier molecular flexibility index (Phi) is 4.62. The number of anilines is 1. The van der Waals surface area contributed by atoms with Crippen molar-refractivity contribution in [2.24, 2.45) is 0 Å². The van der Waals surface area contributed by atoms with Crippen LogP contribution in [0.4, 0.5) is 5.95 Å². The van der Waals surface area contributed by atoms with Gasteiger partial charge in [-0.15, -0.1) is 0 Å². The molecule has 2 aromatic heterocycles. The van der Waals surface area contributed by atoms with Crippen molar-refractivity contribution in [3.63, 3.8) is 0 Å². The number of rotatable bonds is 4. The van der Waals surface area contributed by atoms with Crippen LogP contribution in [-0.2, 0) is 25.9 Å². The number of nitrogens with one attached hydrogen (secondary N) is 1. The highest BCUT2D eigenvalue weighted by Crippen LogP contribution is 2.32. The molecule has 2 heterocycles. The summed E-state index contributed by atoms with van der Waals surface area (Å²) in [5.74, 6) is 0.199. The number of nitrogens with two attached hydrogens (primary N) is 1. The Hall–Kier alpha value is -3.41. The van der Waals surface area contributed by atoms with Crippen molar-refractivity contribution in [2.75, 3.05) is 5.73 Å². The van der Waals surface area contributed by atoms with Crippen LogP contribution in [0, 0.1) is 0 Å². The predicted octanol–water partition coefficient (Wildman–Crippen LogP) is 4.00. The van der Waals surface area contributed by atoms with Gasteiger partial charge in [-0.05, 0) is 68.0 Å². The molecule has 1 aliphatic carbocycles. The molecule has 0 bridgehead atoms. The zero-order valence-electron chi connectivity index (χ0n) is 17.1. The van der Waals surface area contributed by atoms with Crippen LogP contribution in [0.2, 0.25) is 0 Å². The van der Waals surface area contributed by atoms with Crippen LogP contribution in [0.1, 0.15) is 46.9 Å². The molecule has 0 radical (unpaired) electrons. The van der Waals surface area contributed by atoms with Crippen LogP contribution >= 0.6 is 0 Å². The third-order valence-electron chi connectivity index (χ3n) is 6.07. The number of hydrogen-bond donors (Lipinski definition) is 2. The van der Waals surface area contributed by atoms with E-state index in [9.17, 15) is 4.79 Å². The lowest BCUT2D eigenvalue weighted by atomic mass is 9.95. The van der Waals surface area contributed by atoms with E-state index in [1.54, 1.807) is 6.20 Å². The van der Waals surface area contributed by atoms with Gasteiger partial charge in [0.2, 0.25) is 5.95 Å². The Morgan fingerprint density at radius 3 is 2.90 bits per heavy atom. The zero-order chi connectivity index (χ0) is 20.7. The maximum absolute atomic E-state index is 12.9. The fourth-order valence-electron chi connectivity index (χ4n) is 4.63. The van der Waals surface area contributed by atoms with Crippen LogP contribution in [0.3, 0.4) is 0 Å². The maximum Gasteiger partial charge on any atom is 0.251 e. The van der Waals surface area contributed by atoms with E-state index in [4.69, 9.17) is 5.73 Å². The molecule has 0 saturated carbocycles. The van der Waals surface area contributed by atoms with Gasteiger partial charge in [0, 0.05) is 46.8 Å². The Balaban J connectivity index is 1.39. The zero-order valence-corrected chi connectivity index (χ0v) is 17.1. The monoisotopic (exact) mass is 399 g/mol. The van der Waals surface area contributed by atoms with Gasteiger partial charge in [0.1, 0.15) is 0 Å². The highest BCUT2D eigenvalue weighted by atomic mass is 16.1. The number of aryl methyl sites for hydroxylation is 2. The molecular formula is C24H25N5O. The summed E-state index contributed by atoms with van der Waals surface area (Å²) >= 11 is 0. The van der Waals surface area contributed by atoms with E-state index in [2.05, 4.69) is 32.8 Å². The van der Waals surface area contributed by atoms with Crippen molar-refractivity contribution >= 4 is 33.7 Å².